The zero-order valence-corrected chi connectivity index (χ0v) is 10.9. The molecule has 0 bridgehead atoms. The monoisotopic (exact) mass is 252 g/mol. The van der Waals surface area contributed by atoms with Crippen molar-refractivity contribution in [1.29, 1.82) is 0 Å². The number of aryl methyl sites for hydroxylation is 1. The highest BCUT2D eigenvalue weighted by atomic mass is 32.2. The van der Waals surface area contributed by atoms with Crippen molar-refractivity contribution in [2.75, 3.05) is 6.61 Å². The molecule has 92 valence electrons. The predicted octanol–water partition coefficient (Wildman–Crippen LogP) is 2.82. The summed E-state index contributed by atoms with van der Waals surface area (Å²) >= 11 is 1.20. The van der Waals surface area contributed by atoms with Gasteiger partial charge in [0.1, 0.15) is 0 Å². The number of hydrogen-bond acceptors (Lipinski definition) is 4. The van der Waals surface area contributed by atoms with E-state index in [4.69, 9.17) is 4.74 Å². The first-order valence-corrected chi connectivity index (χ1v) is 6.37. The molecule has 0 N–H and O–H groups in total. The molecule has 0 unspecified atom stereocenters. The van der Waals surface area contributed by atoms with Gasteiger partial charge in [-0.25, -0.2) is 0 Å². The van der Waals surface area contributed by atoms with Gasteiger partial charge in [-0.15, -0.1) is 0 Å². The maximum absolute atomic E-state index is 11.3. The van der Waals surface area contributed by atoms with E-state index >= 15 is 0 Å². The highest BCUT2D eigenvalue weighted by Gasteiger charge is 2.08. The summed E-state index contributed by atoms with van der Waals surface area (Å²) in [5.41, 5.74) is 1.01. The third-order valence-corrected chi connectivity index (χ3v) is 3.04. The lowest BCUT2D eigenvalue weighted by atomic mass is 10.1. The van der Waals surface area contributed by atoms with Crippen molar-refractivity contribution in [3.8, 4) is 0 Å². The predicted molar refractivity (Wildman–Crippen MR) is 67.9 cm³/mol. The summed E-state index contributed by atoms with van der Waals surface area (Å²) in [4.78, 5) is 23.3. The van der Waals surface area contributed by atoms with E-state index in [1.807, 2.05) is 24.3 Å². The van der Waals surface area contributed by atoms with Gasteiger partial charge in [-0.3, -0.25) is 9.59 Å². The summed E-state index contributed by atoms with van der Waals surface area (Å²) in [6, 6.07) is 7.63. The molecule has 0 amide bonds. The molecule has 4 heteroatoms. The van der Waals surface area contributed by atoms with E-state index in [0.29, 0.717) is 19.4 Å². The van der Waals surface area contributed by atoms with Gasteiger partial charge in [0.15, 0.2) is 5.12 Å². The number of esters is 1. The van der Waals surface area contributed by atoms with Gasteiger partial charge in [0.25, 0.3) is 0 Å². The number of hydrogen-bond donors (Lipinski definition) is 0. The maximum atomic E-state index is 11.3. The molecule has 0 saturated heterocycles. The molecule has 0 radical (unpaired) electrons. The van der Waals surface area contributed by atoms with E-state index in [-0.39, 0.29) is 11.1 Å². The fourth-order valence-electron chi connectivity index (χ4n) is 1.43. The minimum absolute atomic E-state index is 0.0496. The van der Waals surface area contributed by atoms with Crippen LogP contribution >= 0.6 is 11.8 Å². The molecule has 0 aliphatic carbocycles. The summed E-state index contributed by atoms with van der Waals surface area (Å²) in [6.07, 6.45) is 0.957. The third kappa shape index (κ3) is 5.04. The number of ether oxygens (including phenoxy) is 1. The molecule has 1 rings (SSSR count). The number of rotatable bonds is 5. The second-order valence-corrected chi connectivity index (χ2v) is 4.73. The van der Waals surface area contributed by atoms with Gasteiger partial charge in [-0.1, -0.05) is 30.0 Å². The molecule has 3 nitrogen and oxygen atoms in total. The molecule has 0 aliphatic heterocycles. The first-order valence-electron chi connectivity index (χ1n) is 5.55. The largest absolute Gasteiger partial charge is 0.466 e. The van der Waals surface area contributed by atoms with Crippen LogP contribution in [0.25, 0.3) is 0 Å². The van der Waals surface area contributed by atoms with Crippen molar-refractivity contribution in [3.63, 3.8) is 0 Å². The lowest BCUT2D eigenvalue weighted by Crippen LogP contribution is -2.05. The molecular weight excluding hydrogens is 236 g/mol. The topological polar surface area (TPSA) is 43.4 Å². The zero-order chi connectivity index (χ0) is 12.7. The second kappa shape index (κ2) is 7.12. The first kappa shape index (κ1) is 13.8. The molecule has 0 heterocycles. The van der Waals surface area contributed by atoms with Gasteiger partial charge in [-0.05, 0) is 25.0 Å². The molecule has 1 aromatic carbocycles. The average molecular weight is 252 g/mol. The molecule has 17 heavy (non-hydrogen) atoms. The SMILES string of the molecule is CCOC(=O)CCc1ccccc1SC(C)=O. The van der Waals surface area contributed by atoms with E-state index in [1.165, 1.54) is 18.7 Å². The van der Waals surface area contributed by atoms with Crippen molar-refractivity contribution in [2.45, 2.75) is 31.6 Å². The van der Waals surface area contributed by atoms with Gasteiger partial charge in [0.2, 0.25) is 0 Å². The fourth-order valence-corrected chi connectivity index (χ4v) is 2.19. The molecule has 0 aliphatic rings. The maximum Gasteiger partial charge on any atom is 0.306 e. The summed E-state index contributed by atoms with van der Waals surface area (Å²) < 4.78 is 4.87. The van der Waals surface area contributed by atoms with Crippen LogP contribution in [0.4, 0.5) is 0 Å². The zero-order valence-electron chi connectivity index (χ0n) is 10.1. The lowest BCUT2D eigenvalue weighted by Gasteiger charge is -2.07. The van der Waals surface area contributed by atoms with Crippen LogP contribution in [-0.2, 0) is 20.7 Å². The lowest BCUT2D eigenvalue weighted by molar-refractivity contribution is -0.143. The van der Waals surface area contributed by atoms with Gasteiger partial charge >= 0.3 is 5.97 Å². The Morgan fingerprint density at radius 2 is 2.00 bits per heavy atom. The van der Waals surface area contributed by atoms with Gasteiger partial charge in [0.05, 0.1) is 6.61 Å². The van der Waals surface area contributed by atoms with Crippen molar-refractivity contribution in [1.82, 2.24) is 0 Å². The van der Waals surface area contributed by atoms with Gasteiger partial charge in [-0.2, -0.15) is 0 Å². The van der Waals surface area contributed by atoms with Gasteiger partial charge < -0.3 is 4.74 Å². The van der Waals surface area contributed by atoms with E-state index < -0.39 is 0 Å². The van der Waals surface area contributed by atoms with Crippen LogP contribution < -0.4 is 0 Å². The van der Waals surface area contributed by atoms with Crippen molar-refractivity contribution >= 4 is 22.8 Å². The molecule has 1 aromatic rings. The molecule has 0 atom stereocenters. The van der Waals surface area contributed by atoms with Crippen molar-refractivity contribution < 1.29 is 14.3 Å². The summed E-state index contributed by atoms with van der Waals surface area (Å²) in [6.45, 7) is 3.73. The van der Waals surface area contributed by atoms with Crippen LogP contribution in [0.1, 0.15) is 25.8 Å². The minimum atomic E-state index is -0.199. The number of benzene rings is 1. The van der Waals surface area contributed by atoms with Crippen LogP contribution in [0.5, 0.6) is 0 Å². The Bertz CT molecular complexity index is 401. The Labute approximate surface area is 106 Å². The Kier molecular flexibility index (Phi) is 5.77. The summed E-state index contributed by atoms with van der Waals surface area (Å²) in [5.74, 6) is -0.199. The van der Waals surface area contributed by atoms with Crippen LogP contribution in [-0.4, -0.2) is 17.7 Å². The Balaban J connectivity index is 2.63. The first-order chi connectivity index (χ1) is 8.13. The second-order valence-electron chi connectivity index (χ2n) is 3.51. The number of carbonyl (C=O) groups excluding carboxylic acids is 2. The highest BCUT2D eigenvalue weighted by Crippen LogP contribution is 2.24. The van der Waals surface area contributed by atoms with Crippen LogP contribution in [0, 0.1) is 0 Å². The van der Waals surface area contributed by atoms with Crippen LogP contribution in [0.15, 0.2) is 29.2 Å². The molecule has 0 saturated carbocycles. The number of carbonyl (C=O) groups is 2. The minimum Gasteiger partial charge on any atom is -0.466 e. The van der Waals surface area contributed by atoms with Crippen LogP contribution in [0.2, 0.25) is 0 Å². The molecule has 0 aromatic heterocycles. The third-order valence-electron chi connectivity index (χ3n) is 2.13. The molecule has 0 spiro atoms. The quantitative estimate of drug-likeness (QED) is 0.597. The van der Waals surface area contributed by atoms with Crippen molar-refractivity contribution in [3.05, 3.63) is 29.8 Å². The van der Waals surface area contributed by atoms with E-state index in [0.717, 1.165) is 10.5 Å². The highest BCUT2D eigenvalue weighted by molar-refractivity contribution is 8.13. The van der Waals surface area contributed by atoms with Crippen molar-refractivity contribution in [2.24, 2.45) is 0 Å². The van der Waals surface area contributed by atoms with Crippen LogP contribution in [0.3, 0.4) is 0 Å². The van der Waals surface area contributed by atoms with Gasteiger partial charge in [0, 0.05) is 18.2 Å². The summed E-state index contributed by atoms with van der Waals surface area (Å²) in [5, 5.41) is 0.0496. The normalized spacial score (nSPS) is 10.0. The van der Waals surface area contributed by atoms with E-state index in [9.17, 15) is 9.59 Å². The Morgan fingerprint density at radius 1 is 1.29 bits per heavy atom. The standard InChI is InChI=1S/C13H16O3S/c1-3-16-13(15)9-8-11-6-4-5-7-12(11)17-10(2)14/h4-7H,3,8-9H2,1-2H3. The smallest absolute Gasteiger partial charge is 0.306 e. The van der Waals surface area contributed by atoms with E-state index in [1.54, 1.807) is 6.92 Å². The van der Waals surface area contributed by atoms with E-state index in [2.05, 4.69) is 0 Å². The number of thioether (sulfide) groups is 1. The molecular formula is C13H16O3S. The summed E-state index contributed by atoms with van der Waals surface area (Å²) in [7, 11) is 0. The fraction of sp³-hybridized carbons (Fsp3) is 0.385. The Hall–Kier alpha value is -1.29. The average Bonchev–Trinajstić information content (AvgIpc) is 2.27. The Morgan fingerprint density at radius 3 is 2.65 bits per heavy atom. The molecule has 0 fully saturated rings.